The third-order valence-corrected chi connectivity index (χ3v) is 8.27. The van der Waals surface area contributed by atoms with Gasteiger partial charge in [-0.3, -0.25) is 13.9 Å². The van der Waals surface area contributed by atoms with Crippen LogP contribution >= 0.6 is 11.6 Å². The van der Waals surface area contributed by atoms with E-state index >= 15 is 0 Å². The smallest absolute Gasteiger partial charge is 0.264 e. The lowest BCUT2D eigenvalue weighted by Gasteiger charge is -2.33. The number of hydrogen-bond acceptors (Lipinski definition) is 5. The standard InChI is InChI=1S/C29H34ClN3O5S/c1-4-27(29(35)31-5-2)32(19-18-22-10-7-6-8-11-22)28(34)21-33(24-13-9-12-23(30)20-24)39(36,37)26-16-14-25(38-3)15-17-26/h6-17,20,27H,4-5,18-19,21H2,1-3H3,(H,31,35). The van der Waals surface area contributed by atoms with Gasteiger partial charge in [-0.05, 0) is 67.8 Å². The van der Waals surface area contributed by atoms with Crippen LogP contribution in [-0.4, -0.2) is 57.9 Å². The number of rotatable bonds is 13. The monoisotopic (exact) mass is 571 g/mol. The summed E-state index contributed by atoms with van der Waals surface area (Å²) in [5, 5.41) is 3.12. The number of methoxy groups -OCH3 is 1. The molecule has 0 saturated carbocycles. The Bertz CT molecular complexity index is 1350. The third kappa shape index (κ3) is 7.74. The van der Waals surface area contributed by atoms with Crippen molar-refractivity contribution < 1.29 is 22.7 Å². The number of likely N-dealkylation sites (N-methyl/N-ethyl adjacent to an activating group) is 1. The van der Waals surface area contributed by atoms with Crippen molar-refractivity contribution in [1.29, 1.82) is 0 Å². The number of amides is 2. The molecule has 0 fully saturated rings. The minimum Gasteiger partial charge on any atom is -0.497 e. The molecule has 3 aromatic carbocycles. The number of nitrogens with one attached hydrogen (secondary N) is 1. The van der Waals surface area contributed by atoms with Crippen molar-refractivity contribution in [3.05, 3.63) is 89.4 Å². The van der Waals surface area contributed by atoms with Gasteiger partial charge in [0.2, 0.25) is 11.8 Å². The second kappa shape index (κ2) is 14.0. The van der Waals surface area contributed by atoms with E-state index in [-0.39, 0.29) is 23.0 Å². The minimum atomic E-state index is -4.18. The van der Waals surface area contributed by atoms with Crippen molar-refractivity contribution in [3.8, 4) is 5.75 Å². The second-order valence-electron chi connectivity index (χ2n) is 8.81. The normalized spacial score (nSPS) is 11.9. The van der Waals surface area contributed by atoms with Crippen molar-refractivity contribution in [2.75, 3.05) is 31.0 Å². The Hall–Kier alpha value is -3.56. The Morgan fingerprint density at radius 3 is 2.26 bits per heavy atom. The van der Waals surface area contributed by atoms with Crippen LogP contribution in [-0.2, 0) is 26.0 Å². The molecule has 0 bridgehead atoms. The fraction of sp³-hybridized carbons (Fsp3) is 0.310. The number of carbonyl (C=O) groups is 2. The molecule has 1 unspecified atom stereocenters. The van der Waals surface area contributed by atoms with Gasteiger partial charge in [0.1, 0.15) is 18.3 Å². The molecule has 0 radical (unpaired) electrons. The van der Waals surface area contributed by atoms with Crippen molar-refractivity contribution in [1.82, 2.24) is 10.2 Å². The van der Waals surface area contributed by atoms with Gasteiger partial charge >= 0.3 is 0 Å². The maximum atomic E-state index is 13.9. The Balaban J connectivity index is 2.00. The molecule has 0 aliphatic heterocycles. The largest absolute Gasteiger partial charge is 0.497 e. The first-order valence-electron chi connectivity index (χ1n) is 12.7. The van der Waals surface area contributed by atoms with Crippen LogP contribution in [0.1, 0.15) is 25.8 Å². The summed E-state index contributed by atoms with van der Waals surface area (Å²) in [5.74, 6) is -0.283. The van der Waals surface area contributed by atoms with Gasteiger partial charge in [-0.1, -0.05) is 54.9 Å². The molecular formula is C29H34ClN3O5S. The quantitative estimate of drug-likeness (QED) is 0.325. The first-order valence-corrected chi connectivity index (χ1v) is 14.6. The summed E-state index contributed by atoms with van der Waals surface area (Å²) in [6.07, 6.45) is 0.875. The topological polar surface area (TPSA) is 96.0 Å². The van der Waals surface area contributed by atoms with Gasteiger partial charge in [0.25, 0.3) is 10.0 Å². The summed E-state index contributed by atoms with van der Waals surface area (Å²) >= 11 is 6.20. The lowest BCUT2D eigenvalue weighted by molar-refractivity contribution is -0.139. The Morgan fingerprint density at radius 2 is 1.67 bits per heavy atom. The first kappa shape index (κ1) is 30.0. The Morgan fingerprint density at radius 1 is 0.974 bits per heavy atom. The van der Waals surface area contributed by atoms with Crippen LogP contribution in [0.2, 0.25) is 5.02 Å². The number of hydrogen-bond donors (Lipinski definition) is 1. The summed E-state index contributed by atoms with van der Waals surface area (Å²) in [7, 11) is -2.69. The van der Waals surface area contributed by atoms with Crippen LogP contribution in [0, 0.1) is 0 Å². The van der Waals surface area contributed by atoms with E-state index in [0.29, 0.717) is 30.2 Å². The molecular weight excluding hydrogens is 538 g/mol. The molecule has 0 heterocycles. The number of halogens is 1. The summed E-state index contributed by atoms with van der Waals surface area (Å²) < 4.78 is 33.9. The Labute approximate surface area is 235 Å². The first-order chi connectivity index (χ1) is 18.7. The van der Waals surface area contributed by atoms with E-state index in [0.717, 1.165) is 9.87 Å². The number of ether oxygens (including phenoxy) is 1. The molecule has 0 spiro atoms. The highest BCUT2D eigenvalue weighted by Crippen LogP contribution is 2.27. The van der Waals surface area contributed by atoms with E-state index in [9.17, 15) is 18.0 Å². The van der Waals surface area contributed by atoms with E-state index < -0.39 is 28.5 Å². The summed E-state index contributed by atoms with van der Waals surface area (Å²) in [6, 6.07) is 21.1. The van der Waals surface area contributed by atoms with Crippen molar-refractivity contribution in [3.63, 3.8) is 0 Å². The zero-order chi connectivity index (χ0) is 28.4. The average molecular weight is 572 g/mol. The molecule has 39 heavy (non-hydrogen) atoms. The lowest BCUT2D eigenvalue weighted by Crippen LogP contribution is -2.53. The maximum Gasteiger partial charge on any atom is 0.264 e. The minimum absolute atomic E-state index is 0.0114. The fourth-order valence-corrected chi connectivity index (χ4v) is 5.81. The summed E-state index contributed by atoms with van der Waals surface area (Å²) in [4.78, 5) is 28.3. The fourth-order valence-electron chi connectivity index (χ4n) is 4.22. The van der Waals surface area contributed by atoms with Gasteiger partial charge in [-0.15, -0.1) is 0 Å². The maximum absolute atomic E-state index is 13.9. The molecule has 3 rings (SSSR count). The predicted octanol–water partition coefficient (Wildman–Crippen LogP) is 4.53. The summed E-state index contributed by atoms with van der Waals surface area (Å²) in [6.45, 7) is 3.77. The highest BCUT2D eigenvalue weighted by molar-refractivity contribution is 7.92. The molecule has 1 atom stereocenters. The SMILES string of the molecule is CCNC(=O)C(CC)N(CCc1ccccc1)C(=O)CN(c1cccc(Cl)c1)S(=O)(=O)c1ccc(OC)cc1. The molecule has 0 saturated heterocycles. The molecule has 208 valence electrons. The van der Waals surface area contributed by atoms with E-state index in [4.69, 9.17) is 16.3 Å². The van der Waals surface area contributed by atoms with Crippen molar-refractivity contribution in [2.45, 2.75) is 37.6 Å². The van der Waals surface area contributed by atoms with Crippen LogP contribution in [0.3, 0.4) is 0 Å². The van der Waals surface area contributed by atoms with Crippen molar-refractivity contribution in [2.24, 2.45) is 0 Å². The molecule has 10 heteroatoms. The van der Waals surface area contributed by atoms with Crippen LogP contribution < -0.4 is 14.4 Å². The van der Waals surface area contributed by atoms with Gasteiger partial charge < -0.3 is 15.0 Å². The van der Waals surface area contributed by atoms with Crippen LogP contribution in [0.4, 0.5) is 5.69 Å². The zero-order valence-electron chi connectivity index (χ0n) is 22.3. The molecule has 3 aromatic rings. The summed E-state index contributed by atoms with van der Waals surface area (Å²) in [5.41, 5.74) is 1.24. The van der Waals surface area contributed by atoms with E-state index in [1.54, 1.807) is 30.3 Å². The number of anilines is 1. The zero-order valence-corrected chi connectivity index (χ0v) is 23.9. The van der Waals surface area contributed by atoms with Crippen LogP contribution in [0.15, 0.2) is 83.8 Å². The molecule has 0 aromatic heterocycles. The van der Waals surface area contributed by atoms with Gasteiger partial charge in [0, 0.05) is 18.1 Å². The van der Waals surface area contributed by atoms with Gasteiger partial charge in [0.15, 0.2) is 0 Å². The second-order valence-corrected chi connectivity index (χ2v) is 11.1. The highest BCUT2D eigenvalue weighted by Gasteiger charge is 2.33. The Kier molecular flexibility index (Phi) is 10.8. The molecule has 1 N–H and O–H groups in total. The number of sulfonamides is 1. The van der Waals surface area contributed by atoms with E-state index in [1.165, 1.54) is 30.2 Å². The van der Waals surface area contributed by atoms with Crippen LogP contribution in [0.5, 0.6) is 5.75 Å². The van der Waals surface area contributed by atoms with Gasteiger partial charge in [-0.2, -0.15) is 0 Å². The molecule has 0 aliphatic carbocycles. The lowest BCUT2D eigenvalue weighted by atomic mass is 10.1. The molecule has 2 amide bonds. The van der Waals surface area contributed by atoms with Crippen LogP contribution in [0.25, 0.3) is 0 Å². The number of nitrogens with zero attached hydrogens (tertiary/aromatic N) is 2. The number of carbonyl (C=O) groups excluding carboxylic acids is 2. The average Bonchev–Trinajstić information content (AvgIpc) is 2.94. The van der Waals surface area contributed by atoms with Crippen molar-refractivity contribution >= 4 is 39.1 Å². The molecule has 0 aliphatic rings. The third-order valence-electron chi connectivity index (χ3n) is 6.24. The van der Waals surface area contributed by atoms with Gasteiger partial charge in [-0.25, -0.2) is 8.42 Å². The predicted molar refractivity (Wildman–Crippen MR) is 154 cm³/mol. The van der Waals surface area contributed by atoms with E-state index in [2.05, 4.69) is 5.32 Å². The highest BCUT2D eigenvalue weighted by atomic mass is 35.5. The molecule has 8 nitrogen and oxygen atoms in total. The van der Waals surface area contributed by atoms with Gasteiger partial charge in [0.05, 0.1) is 17.7 Å². The van der Waals surface area contributed by atoms with E-state index in [1.807, 2.05) is 44.2 Å². The number of benzene rings is 3.